The van der Waals surface area contributed by atoms with Crippen molar-refractivity contribution in [1.82, 2.24) is 5.32 Å². The molecule has 3 nitrogen and oxygen atoms in total. The second-order valence-electron chi connectivity index (χ2n) is 3.65. The number of hydrogen-bond acceptors (Lipinski definition) is 2. The molecule has 0 aliphatic heterocycles. The van der Waals surface area contributed by atoms with Crippen molar-refractivity contribution in [2.24, 2.45) is 0 Å². The van der Waals surface area contributed by atoms with Gasteiger partial charge in [-0.25, -0.2) is 13.2 Å². The van der Waals surface area contributed by atoms with Crippen molar-refractivity contribution in [3.63, 3.8) is 0 Å². The summed E-state index contributed by atoms with van der Waals surface area (Å²) in [6.07, 6.45) is -0.249. The minimum atomic E-state index is -1.26. The molecule has 1 aromatic carbocycles. The Morgan fingerprint density at radius 1 is 1.29 bits per heavy atom. The highest BCUT2D eigenvalue weighted by molar-refractivity contribution is 5.67. The van der Waals surface area contributed by atoms with E-state index >= 15 is 0 Å². The topological polar surface area (TPSA) is 49.3 Å². The molecule has 0 bridgehead atoms. The number of rotatable bonds is 5. The van der Waals surface area contributed by atoms with Gasteiger partial charge in [-0.1, -0.05) is 0 Å². The molecule has 6 heteroatoms. The maximum absolute atomic E-state index is 13.3. The van der Waals surface area contributed by atoms with Gasteiger partial charge in [-0.05, 0) is 25.1 Å². The van der Waals surface area contributed by atoms with E-state index in [9.17, 15) is 18.0 Å². The molecule has 1 aromatic rings. The zero-order chi connectivity index (χ0) is 13.0. The predicted octanol–water partition coefficient (Wildman–Crippen LogP) is 1.71. The Labute approximate surface area is 96.3 Å². The van der Waals surface area contributed by atoms with Gasteiger partial charge in [0.1, 0.15) is 5.82 Å². The molecular weight excluding hydrogens is 235 g/mol. The molecule has 0 aromatic heterocycles. The lowest BCUT2D eigenvalue weighted by Crippen LogP contribution is -2.30. The third-order valence-corrected chi connectivity index (χ3v) is 2.38. The van der Waals surface area contributed by atoms with Gasteiger partial charge in [-0.15, -0.1) is 0 Å². The molecular formula is C11H12F3NO2. The van der Waals surface area contributed by atoms with E-state index in [2.05, 4.69) is 5.32 Å². The molecule has 0 saturated carbocycles. The van der Waals surface area contributed by atoms with Crippen LogP contribution < -0.4 is 5.32 Å². The number of benzene rings is 1. The molecule has 17 heavy (non-hydrogen) atoms. The summed E-state index contributed by atoms with van der Waals surface area (Å²) in [5, 5.41) is 11.3. The Hall–Kier alpha value is -1.56. The van der Waals surface area contributed by atoms with Crippen LogP contribution in [0.4, 0.5) is 13.2 Å². The van der Waals surface area contributed by atoms with Crippen molar-refractivity contribution >= 4 is 5.97 Å². The number of hydrogen-bond donors (Lipinski definition) is 2. The van der Waals surface area contributed by atoms with Crippen LogP contribution in [-0.4, -0.2) is 24.2 Å². The Balaban J connectivity index is 2.86. The van der Waals surface area contributed by atoms with E-state index in [-0.39, 0.29) is 18.4 Å². The third-order valence-electron chi connectivity index (χ3n) is 2.38. The molecule has 0 amide bonds. The first-order chi connectivity index (χ1) is 7.93. The van der Waals surface area contributed by atoms with Gasteiger partial charge in [0.15, 0.2) is 11.6 Å². The van der Waals surface area contributed by atoms with Crippen LogP contribution in [0.25, 0.3) is 0 Å². The van der Waals surface area contributed by atoms with Crippen molar-refractivity contribution in [2.45, 2.75) is 18.9 Å². The molecule has 0 unspecified atom stereocenters. The van der Waals surface area contributed by atoms with Gasteiger partial charge in [0.05, 0.1) is 6.42 Å². The zero-order valence-corrected chi connectivity index (χ0v) is 9.14. The molecule has 0 radical (unpaired) electrons. The largest absolute Gasteiger partial charge is 0.481 e. The maximum atomic E-state index is 13.3. The molecule has 0 saturated heterocycles. The monoisotopic (exact) mass is 247 g/mol. The average molecular weight is 247 g/mol. The molecule has 0 aliphatic carbocycles. The standard InChI is InChI=1S/C11H12F3NO2/c1-15-7(4-11(16)17)2-6-3-9(13)10(14)5-8(6)12/h3,5,7,15H,2,4H2,1H3,(H,16,17)/t7-/m1/s1. The van der Waals surface area contributed by atoms with Crippen molar-refractivity contribution in [2.75, 3.05) is 7.05 Å². The first kappa shape index (κ1) is 13.5. The molecule has 1 rings (SSSR count). The Morgan fingerprint density at radius 2 is 1.88 bits per heavy atom. The Bertz CT molecular complexity index is 423. The van der Waals surface area contributed by atoms with Gasteiger partial charge in [0.2, 0.25) is 0 Å². The minimum Gasteiger partial charge on any atom is -0.481 e. The lowest BCUT2D eigenvalue weighted by atomic mass is 10.0. The van der Waals surface area contributed by atoms with E-state index in [1.54, 1.807) is 0 Å². The van der Waals surface area contributed by atoms with Gasteiger partial charge in [0.25, 0.3) is 0 Å². The van der Waals surface area contributed by atoms with Crippen LogP contribution in [0.15, 0.2) is 12.1 Å². The fourth-order valence-electron chi connectivity index (χ4n) is 1.47. The van der Waals surface area contributed by atoms with Crippen molar-refractivity contribution in [3.05, 3.63) is 35.1 Å². The number of nitrogens with one attached hydrogen (secondary N) is 1. The second-order valence-corrected chi connectivity index (χ2v) is 3.65. The molecule has 0 fully saturated rings. The van der Waals surface area contributed by atoms with Gasteiger partial charge in [-0.3, -0.25) is 4.79 Å². The molecule has 0 heterocycles. The minimum absolute atomic E-state index is 0.0220. The summed E-state index contributed by atoms with van der Waals surface area (Å²) in [7, 11) is 1.52. The first-order valence-electron chi connectivity index (χ1n) is 4.96. The molecule has 1 atom stereocenters. The Kier molecular flexibility index (Phi) is 4.51. The fraction of sp³-hybridized carbons (Fsp3) is 0.364. The van der Waals surface area contributed by atoms with Crippen LogP contribution in [0, 0.1) is 17.5 Å². The lowest BCUT2D eigenvalue weighted by molar-refractivity contribution is -0.137. The summed E-state index contributed by atoms with van der Waals surface area (Å²) in [6.45, 7) is 0. The predicted molar refractivity (Wildman–Crippen MR) is 55.1 cm³/mol. The number of carboxylic acids is 1. The van der Waals surface area contributed by atoms with Crippen LogP contribution in [0.2, 0.25) is 0 Å². The number of likely N-dealkylation sites (N-methyl/N-ethyl adjacent to an activating group) is 1. The van der Waals surface area contributed by atoms with Crippen molar-refractivity contribution < 1.29 is 23.1 Å². The van der Waals surface area contributed by atoms with Gasteiger partial charge >= 0.3 is 5.97 Å². The van der Waals surface area contributed by atoms with Gasteiger partial charge in [-0.2, -0.15) is 0 Å². The average Bonchev–Trinajstić information content (AvgIpc) is 2.24. The third kappa shape index (κ3) is 3.74. The van der Waals surface area contributed by atoms with Crippen LogP contribution in [0.3, 0.4) is 0 Å². The van der Waals surface area contributed by atoms with Crippen molar-refractivity contribution in [1.29, 1.82) is 0 Å². The summed E-state index contributed by atoms with van der Waals surface area (Å²) in [4.78, 5) is 10.5. The van der Waals surface area contributed by atoms with Crippen LogP contribution in [0.1, 0.15) is 12.0 Å². The molecule has 94 valence electrons. The molecule has 2 N–H and O–H groups in total. The quantitative estimate of drug-likeness (QED) is 0.779. The van der Waals surface area contributed by atoms with E-state index in [1.165, 1.54) is 7.05 Å². The lowest BCUT2D eigenvalue weighted by Gasteiger charge is -2.14. The highest BCUT2D eigenvalue weighted by Crippen LogP contribution is 2.16. The number of aliphatic carboxylic acids is 1. The van der Waals surface area contributed by atoms with E-state index in [4.69, 9.17) is 5.11 Å². The highest BCUT2D eigenvalue weighted by atomic mass is 19.2. The van der Waals surface area contributed by atoms with Crippen LogP contribution in [-0.2, 0) is 11.2 Å². The van der Waals surface area contributed by atoms with Crippen molar-refractivity contribution in [3.8, 4) is 0 Å². The van der Waals surface area contributed by atoms with E-state index in [1.807, 2.05) is 0 Å². The molecule has 0 spiro atoms. The Morgan fingerprint density at radius 3 is 2.41 bits per heavy atom. The highest BCUT2D eigenvalue weighted by Gasteiger charge is 2.16. The van der Waals surface area contributed by atoms with Gasteiger partial charge in [0, 0.05) is 12.1 Å². The number of carbonyl (C=O) groups is 1. The summed E-state index contributed by atoms with van der Waals surface area (Å²) < 4.78 is 38.8. The second kappa shape index (κ2) is 5.67. The number of halogens is 3. The number of carboxylic acid groups (broad SMARTS) is 1. The normalized spacial score (nSPS) is 12.5. The molecule has 0 aliphatic rings. The maximum Gasteiger partial charge on any atom is 0.304 e. The van der Waals surface area contributed by atoms with E-state index in [0.29, 0.717) is 6.07 Å². The van der Waals surface area contributed by atoms with Gasteiger partial charge < -0.3 is 10.4 Å². The van der Waals surface area contributed by atoms with Crippen LogP contribution >= 0.6 is 0 Å². The smallest absolute Gasteiger partial charge is 0.304 e. The summed E-state index contributed by atoms with van der Waals surface area (Å²) in [5.41, 5.74) is -0.0514. The fourth-order valence-corrected chi connectivity index (χ4v) is 1.47. The zero-order valence-electron chi connectivity index (χ0n) is 9.14. The van der Waals surface area contributed by atoms with Crippen LogP contribution in [0.5, 0.6) is 0 Å². The summed E-state index contributed by atoms with van der Waals surface area (Å²) in [5.74, 6) is -4.33. The summed E-state index contributed by atoms with van der Waals surface area (Å²) >= 11 is 0. The summed E-state index contributed by atoms with van der Waals surface area (Å²) in [6, 6.07) is 0.668. The van der Waals surface area contributed by atoms with E-state index in [0.717, 1.165) is 6.07 Å². The first-order valence-corrected chi connectivity index (χ1v) is 4.96. The SMILES string of the molecule is CN[C@@H](CC(=O)O)Cc1cc(F)c(F)cc1F. The van der Waals surface area contributed by atoms with E-state index < -0.39 is 29.5 Å².